The number of aromatic nitrogens is 3. The lowest BCUT2D eigenvalue weighted by Gasteiger charge is -2.34. The van der Waals surface area contributed by atoms with Crippen LogP contribution in [0.1, 0.15) is 61.5 Å². The number of likely N-dealkylation sites (tertiary alicyclic amines) is 1. The summed E-state index contributed by atoms with van der Waals surface area (Å²) < 4.78 is 0. The van der Waals surface area contributed by atoms with E-state index >= 15 is 0 Å². The fourth-order valence-electron chi connectivity index (χ4n) is 5.13. The molecule has 1 amide bonds. The molecular formula is C23H29N5O. The molecule has 2 saturated carbocycles. The first-order chi connectivity index (χ1) is 14.0. The zero-order chi connectivity index (χ0) is 20.0. The summed E-state index contributed by atoms with van der Waals surface area (Å²) in [4.78, 5) is 28.4. The molecule has 0 bridgehead atoms. The molecule has 152 valence electrons. The Balaban J connectivity index is 1.16. The van der Waals surface area contributed by atoms with Crippen LogP contribution in [-0.4, -0.2) is 38.8 Å². The number of nitrogens with one attached hydrogen (secondary N) is 1. The molecule has 0 aromatic carbocycles. The third-order valence-corrected chi connectivity index (χ3v) is 7.09. The number of piperidine rings is 1. The van der Waals surface area contributed by atoms with Gasteiger partial charge in [-0.25, -0.2) is 9.97 Å². The lowest BCUT2D eigenvalue weighted by molar-refractivity contribution is -0.135. The minimum Gasteiger partial charge on any atom is -0.342 e. The minimum absolute atomic E-state index is 0.337. The van der Waals surface area contributed by atoms with Crippen LogP contribution in [0.5, 0.6) is 0 Å². The molecule has 0 radical (unpaired) electrons. The van der Waals surface area contributed by atoms with Crippen molar-refractivity contribution in [3.63, 3.8) is 0 Å². The highest BCUT2D eigenvalue weighted by Crippen LogP contribution is 2.66. The van der Waals surface area contributed by atoms with Gasteiger partial charge in [0.1, 0.15) is 0 Å². The van der Waals surface area contributed by atoms with E-state index in [-0.39, 0.29) is 0 Å². The van der Waals surface area contributed by atoms with Crippen molar-refractivity contribution in [2.75, 3.05) is 18.4 Å². The van der Waals surface area contributed by atoms with E-state index in [0.717, 1.165) is 55.1 Å². The van der Waals surface area contributed by atoms with Crippen molar-refractivity contribution >= 4 is 17.5 Å². The van der Waals surface area contributed by atoms with E-state index in [1.54, 1.807) is 0 Å². The van der Waals surface area contributed by atoms with Gasteiger partial charge in [0, 0.05) is 42.0 Å². The maximum absolute atomic E-state index is 12.8. The first kappa shape index (κ1) is 18.5. The van der Waals surface area contributed by atoms with Crippen LogP contribution in [0.2, 0.25) is 0 Å². The molecule has 1 N–H and O–H groups in total. The molecule has 3 heterocycles. The number of hydrogen-bond acceptors (Lipinski definition) is 5. The van der Waals surface area contributed by atoms with Gasteiger partial charge in [0.15, 0.2) is 0 Å². The molecule has 5 rings (SSSR count). The van der Waals surface area contributed by atoms with Crippen LogP contribution >= 0.6 is 0 Å². The van der Waals surface area contributed by atoms with Crippen LogP contribution in [0.15, 0.2) is 24.4 Å². The van der Waals surface area contributed by atoms with E-state index < -0.39 is 0 Å². The summed E-state index contributed by atoms with van der Waals surface area (Å²) in [6.45, 7) is 5.67. The van der Waals surface area contributed by atoms with Gasteiger partial charge in [0.25, 0.3) is 0 Å². The Kier molecular flexibility index (Phi) is 4.52. The molecule has 1 unspecified atom stereocenters. The molecule has 6 nitrogen and oxygen atoms in total. The Hall–Kier alpha value is -2.50. The number of carbonyl (C=O) groups excluding carboxylic acids is 1. The molecular weight excluding hydrogens is 362 g/mol. The van der Waals surface area contributed by atoms with E-state index in [1.165, 1.54) is 19.3 Å². The third-order valence-electron chi connectivity index (χ3n) is 7.09. The summed E-state index contributed by atoms with van der Waals surface area (Å²) in [5.74, 6) is 1.79. The second-order valence-electron chi connectivity index (χ2n) is 9.14. The fourth-order valence-corrected chi connectivity index (χ4v) is 5.13. The van der Waals surface area contributed by atoms with Gasteiger partial charge in [-0.2, -0.15) is 0 Å². The Morgan fingerprint density at radius 3 is 2.41 bits per heavy atom. The highest BCUT2D eigenvalue weighted by Gasteiger charge is 2.61. The molecule has 2 aromatic heterocycles. The maximum atomic E-state index is 12.8. The largest absolute Gasteiger partial charge is 0.342 e. The number of hydrogen-bond donors (Lipinski definition) is 1. The molecule has 1 atom stereocenters. The molecule has 29 heavy (non-hydrogen) atoms. The molecule has 3 fully saturated rings. The first-order valence-electron chi connectivity index (χ1n) is 10.9. The fraction of sp³-hybridized carbons (Fsp3) is 0.565. The highest BCUT2D eigenvalue weighted by molar-refractivity contribution is 5.83. The Morgan fingerprint density at radius 2 is 1.86 bits per heavy atom. The summed E-state index contributed by atoms with van der Waals surface area (Å²) in [5.41, 5.74) is 4.33. The molecule has 2 aliphatic carbocycles. The molecule has 1 spiro atoms. The second kappa shape index (κ2) is 7.08. The van der Waals surface area contributed by atoms with Crippen LogP contribution in [0.3, 0.4) is 0 Å². The first-order valence-corrected chi connectivity index (χ1v) is 10.9. The van der Waals surface area contributed by atoms with Crippen molar-refractivity contribution in [3.8, 4) is 0 Å². The molecule has 1 aliphatic heterocycles. The predicted octanol–water partition coefficient (Wildman–Crippen LogP) is 4.13. The number of aryl methyl sites for hydroxylation is 2. The number of pyridine rings is 1. The molecule has 6 heteroatoms. The van der Waals surface area contributed by atoms with Crippen LogP contribution in [-0.2, 0) is 4.79 Å². The van der Waals surface area contributed by atoms with Gasteiger partial charge in [-0.3, -0.25) is 9.78 Å². The van der Waals surface area contributed by atoms with Gasteiger partial charge in [-0.05, 0) is 69.6 Å². The second-order valence-corrected chi connectivity index (χ2v) is 9.14. The normalized spacial score (nSPS) is 23.0. The van der Waals surface area contributed by atoms with Gasteiger partial charge in [-0.1, -0.05) is 6.42 Å². The van der Waals surface area contributed by atoms with E-state index in [9.17, 15) is 4.79 Å². The van der Waals surface area contributed by atoms with E-state index in [1.807, 2.05) is 32.2 Å². The number of anilines is 2. The van der Waals surface area contributed by atoms with Gasteiger partial charge in [0.05, 0.1) is 11.9 Å². The average molecular weight is 392 g/mol. The highest BCUT2D eigenvalue weighted by atomic mass is 16.2. The summed E-state index contributed by atoms with van der Waals surface area (Å²) in [6.07, 6.45) is 8.88. The van der Waals surface area contributed by atoms with Crippen molar-refractivity contribution in [3.05, 3.63) is 41.5 Å². The summed E-state index contributed by atoms with van der Waals surface area (Å²) in [6, 6.07) is 6.10. The zero-order valence-corrected chi connectivity index (χ0v) is 17.3. The Morgan fingerprint density at radius 1 is 1.14 bits per heavy atom. The van der Waals surface area contributed by atoms with Crippen molar-refractivity contribution in [1.29, 1.82) is 0 Å². The van der Waals surface area contributed by atoms with Gasteiger partial charge in [0.2, 0.25) is 11.9 Å². The third kappa shape index (κ3) is 3.61. The molecule has 3 aliphatic rings. The van der Waals surface area contributed by atoms with E-state index in [0.29, 0.717) is 29.1 Å². The number of amides is 1. The van der Waals surface area contributed by atoms with Crippen molar-refractivity contribution in [1.82, 2.24) is 19.9 Å². The smallest absolute Gasteiger partial charge is 0.227 e. The van der Waals surface area contributed by atoms with Gasteiger partial charge >= 0.3 is 0 Å². The quantitative estimate of drug-likeness (QED) is 0.849. The Bertz CT molecular complexity index is 893. The van der Waals surface area contributed by atoms with Gasteiger partial charge in [-0.15, -0.1) is 0 Å². The van der Waals surface area contributed by atoms with Crippen LogP contribution < -0.4 is 5.32 Å². The SMILES string of the molecule is Cc1cc(C)nc(Nc2ccc(C3CCN(C(=O)C4CC45CCC5)CC3)nc2)n1. The number of rotatable bonds is 4. The number of carbonyl (C=O) groups is 1. The maximum Gasteiger partial charge on any atom is 0.227 e. The van der Waals surface area contributed by atoms with E-state index in [2.05, 4.69) is 31.2 Å². The van der Waals surface area contributed by atoms with Crippen LogP contribution in [0, 0.1) is 25.2 Å². The Labute approximate surface area is 172 Å². The van der Waals surface area contributed by atoms with Crippen molar-refractivity contribution in [2.45, 2.75) is 58.3 Å². The topological polar surface area (TPSA) is 71.0 Å². The monoisotopic (exact) mass is 391 g/mol. The van der Waals surface area contributed by atoms with Crippen LogP contribution in [0.25, 0.3) is 0 Å². The van der Waals surface area contributed by atoms with Gasteiger partial charge < -0.3 is 10.2 Å². The average Bonchev–Trinajstić information content (AvgIpc) is 3.44. The summed E-state index contributed by atoms with van der Waals surface area (Å²) in [5, 5.41) is 3.24. The predicted molar refractivity (Wildman–Crippen MR) is 112 cm³/mol. The lowest BCUT2D eigenvalue weighted by Crippen LogP contribution is -2.40. The zero-order valence-electron chi connectivity index (χ0n) is 17.3. The summed E-state index contributed by atoms with van der Waals surface area (Å²) >= 11 is 0. The molecule has 2 aromatic rings. The van der Waals surface area contributed by atoms with Crippen LogP contribution in [0.4, 0.5) is 11.6 Å². The van der Waals surface area contributed by atoms with Crippen molar-refractivity contribution < 1.29 is 4.79 Å². The van der Waals surface area contributed by atoms with Crippen molar-refractivity contribution in [2.24, 2.45) is 11.3 Å². The summed E-state index contributed by atoms with van der Waals surface area (Å²) in [7, 11) is 0. The standard InChI is InChI=1S/C23H29N5O/c1-15-12-16(2)26-22(25-15)27-18-4-5-20(24-14-18)17-6-10-28(11-7-17)21(29)19-13-23(19)8-3-9-23/h4-5,12,14,17,19H,3,6-11,13H2,1-2H3,(H,25,26,27). The van der Waals surface area contributed by atoms with E-state index in [4.69, 9.17) is 0 Å². The molecule has 1 saturated heterocycles. The number of nitrogens with zero attached hydrogens (tertiary/aromatic N) is 4. The lowest BCUT2D eigenvalue weighted by atomic mass is 9.79. The minimum atomic E-state index is 0.337.